The number of hydrogen-bond donors (Lipinski definition) is 2. The van der Waals surface area contributed by atoms with Crippen LogP contribution in [0.2, 0.25) is 5.02 Å². The van der Waals surface area contributed by atoms with Crippen LogP contribution < -0.4 is 0 Å². The maximum Gasteiger partial charge on any atom is 0.417 e. The van der Waals surface area contributed by atoms with Crippen LogP contribution in [0.1, 0.15) is 37.0 Å². The molecule has 0 saturated heterocycles. The monoisotopic (exact) mass is 415 g/mol. The molecule has 0 amide bonds. The molecule has 0 aromatic heterocycles. The summed E-state index contributed by atoms with van der Waals surface area (Å²) in [5.41, 5.74) is -4.24. The zero-order valence-electron chi connectivity index (χ0n) is 15.1. The summed E-state index contributed by atoms with van der Waals surface area (Å²) < 4.78 is 54.7. The van der Waals surface area contributed by atoms with Crippen LogP contribution in [0.5, 0.6) is 5.75 Å². The maximum absolute atomic E-state index is 13.8. The van der Waals surface area contributed by atoms with Crippen LogP contribution >= 0.6 is 11.6 Å². The Hall–Kier alpha value is -2.30. The first-order valence-corrected chi connectivity index (χ1v) is 8.63. The zero-order valence-corrected chi connectivity index (χ0v) is 15.9. The summed E-state index contributed by atoms with van der Waals surface area (Å²) in [7, 11) is 0. The van der Waals surface area contributed by atoms with Crippen LogP contribution in [-0.2, 0) is 11.8 Å². The molecule has 150 valence electrons. The Morgan fingerprint density at radius 3 is 2.25 bits per heavy atom. The fourth-order valence-corrected chi connectivity index (χ4v) is 3.49. The number of nitriles is 1. The third kappa shape index (κ3) is 4.57. The molecule has 0 bridgehead atoms. The molecule has 2 aromatic carbocycles. The fraction of sp³-hybridized carbons (Fsp3) is 0.350. The van der Waals surface area contributed by atoms with E-state index in [9.17, 15) is 27.8 Å². The average molecular weight is 416 g/mol. The lowest BCUT2D eigenvalue weighted by atomic mass is 9.72. The number of alkyl halides is 3. The SMILES string of the molecule is CC(C)(CC(O)(Cc1ccc(C#N)cc1Cl)C(F)(F)F)c1ccc(F)cc1O. The van der Waals surface area contributed by atoms with E-state index in [1.165, 1.54) is 38.1 Å². The number of phenols is 1. The Morgan fingerprint density at radius 1 is 1.11 bits per heavy atom. The van der Waals surface area contributed by atoms with Gasteiger partial charge in [-0.3, -0.25) is 0 Å². The van der Waals surface area contributed by atoms with Crippen molar-refractivity contribution in [2.45, 2.75) is 43.9 Å². The molecule has 1 atom stereocenters. The first-order chi connectivity index (χ1) is 12.8. The molecule has 0 heterocycles. The second kappa shape index (κ2) is 7.61. The van der Waals surface area contributed by atoms with Gasteiger partial charge >= 0.3 is 6.18 Å². The Kier molecular flexibility index (Phi) is 5.98. The van der Waals surface area contributed by atoms with E-state index in [0.717, 1.165) is 12.1 Å². The molecule has 2 aromatic rings. The van der Waals surface area contributed by atoms with E-state index in [4.69, 9.17) is 16.9 Å². The second-order valence-corrected chi connectivity index (χ2v) is 7.75. The molecule has 3 nitrogen and oxygen atoms in total. The molecule has 0 spiro atoms. The van der Waals surface area contributed by atoms with Crippen molar-refractivity contribution in [3.05, 3.63) is 63.9 Å². The summed E-state index contributed by atoms with van der Waals surface area (Å²) in [6.45, 7) is 2.83. The Labute approximate surface area is 164 Å². The van der Waals surface area contributed by atoms with E-state index in [0.29, 0.717) is 0 Å². The van der Waals surface area contributed by atoms with Gasteiger partial charge in [0.1, 0.15) is 11.6 Å². The normalized spacial score (nSPS) is 14.4. The van der Waals surface area contributed by atoms with Gasteiger partial charge in [-0.05, 0) is 41.2 Å². The van der Waals surface area contributed by atoms with Crippen LogP contribution in [0.25, 0.3) is 0 Å². The third-order valence-corrected chi connectivity index (χ3v) is 4.97. The number of hydrogen-bond acceptors (Lipinski definition) is 3. The van der Waals surface area contributed by atoms with Crippen molar-refractivity contribution in [2.75, 3.05) is 0 Å². The van der Waals surface area contributed by atoms with E-state index in [1.807, 2.05) is 6.07 Å². The molecule has 28 heavy (non-hydrogen) atoms. The highest BCUT2D eigenvalue weighted by Crippen LogP contribution is 2.45. The molecule has 8 heteroatoms. The van der Waals surface area contributed by atoms with Gasteiger partial charge in [0.2, 0.25) is 0 Å². The number of benzene rings is 2. The minimum Gasteiger partial charge on any atom is -0.508 e. The van der Waals surface area contributed by atoms with Gasteiger partial charge in [-0.25, -0.2) is 4.39 Å². The molecule has 2 N–H and O–H groups in total. The van der Waals surface area contributed by atoms with Gasteiger partial charge in [-0.15, -0.1) is 0 Å². The van der Waals surface area contributed by atoms with Crippen molar-refractivity contribution in [1.82, 2.24) is 0 Å². The number of phenolic OH excluding ortho intramolecular Hbond substituents is 1. The summed E-state index contributed by atoms with van der Waals surface area (Å²) >= 11 is 5.98. The van der Waals surface area contributed by atoms with Crippen molar-refractivity contribution in [2.24, 2.45) is 0 Å². The predicted molar refractivity (Wildman–Crippen MR) is 96.6 cm³/mol. The quantitative estimate of drug-likeness (QED) is 0.655. The molecule has 0 aliphatic heterocycles. The summed E-state index contributed by atoms with van der Waals surface area (Å²) in [5.74, 6) is -1.22. The van der Waals surface area contributed by atoms with Crippen LogP contribution in [-0.4, -0.2) is 22.0 Å². The summed E-state index contributed by atoms with van der Waals surface area (Å²) in [5, 5.41) is 29.3. The van der Waals surface area contributed by atoms with E-state index >= 15 is 0 Å². The molecular formula is C20H18ClF4NO2. The highest BCUT2D eigenvalue weighted by atomic mass is 35.5. The number of halogens is 5. The van der Waals surface area contributed by atoms with Crippen molar-refractivity contribution in [1.29, 1.82) is 5.26 Å². The maximum atomic E-state index is 13.8. The molecule has 2 rings (SSSR count). The van der Waals surface area contributed by atoms with Crippen molar-refractivity contribution < 1.29 is 27.8 Å². The van der Waals surface area contributed by atoms with E-state index < -0.39 is 41.6 Å². The van der Waals surface area contributed by atoms with Crippen LogP contribution in [0.3, 0.4) is 0 Å². The van der Waals surface area contributed by atoms with Gasteiger partial charge in [-0.1, -0.05) is 37.6 Å². The van der Waals surface area contributed by atoms with Crippen molar-refractivity contribution in [3.63, 3.8) is 0 Å². The van der Waals surface area contributed by atoms with Gasteiger partial charge in [0.25, 0.3) is 0 Å². The molecule has 0 saturated carbocycles. The Bertz CT molecular complexity index is 921. The zero-order chi connectivity index (χ0) is 21.3. The van der Waals surface area contributed by atoms with Gasteiger partial charge in [-0.2, -0.15) is 18.4 Å². The fourth-order valence-electron chi connectivity index (χ4n) is 3.24. The van der Waals surface area contributed by atoms with E-state index in [-0.39, 0.29) is 21.7 Å². The highest BCUT2D eigenvalue weighted by molar-refractivity contribution is 6.31. The van der Waals surface area contributed by atoms with Crippen molar-refractivity contribution >= 4 is 11.6 Å². The summed E-state index contributed by atoms with van der Waals surface area (Å²) in [6, 6.07) is 8.66. The highest BCUT2D eigenvalue weighted by Gasteiger charge is 2.56. The second-order valence-electron chi connectivity index (χ2n) is 7.35. The number of aliphatic hydroxyl groups is 1. The van der Waals surface area contributed by atoms with Crippen LogP contribution in [0.4, 0.5) is 17.6 Å². The average Bonchev–Trinajstić information content (AvgIpc) is 2.54. The molecule has 0 aliphatic rings. The first kappa shape index (κ1) is 22.0. The minimum absolute atomic E-state index is 0.0274. The molecule has 1 unspecified atom stereocenters. The van der Waals surface area contributed by atoms with Crippen molar-refractivity contribution in [3.8, 4) is 11.8 Å². The van der Waals surface area contributed by atoms with E-state index in [1.54, 1.807) is 0 Å². The van der Waals surface area contributed by atoms with Crippen LogP contribution in [0, 0.1) is 17.1 Å². The smallest absolute Gasteiger partial charge is 0.417 e. The summed E-state index contributed by atoms with van der Waals surface area (Å²) in [4.78, 5) is 0. The van der Waals surface area contributed by atoms with Gasteiger partial charge in [0.05, 0.1) is 11.6 Å². The molecular weight excluding hydrogens is 398 g/mol. The van der Waals surface area contributed by atoms with Crippen LogP contribution in [0.15, 0.2) is 36.4 Å². The number of nitrogens with zero attached hydrogens (tertiary/aromatic N) is 1. The lowest BCUT2D eigenvalue weighted by Crippen LogP contribution is -2.50. The van der Waals surface area contributed by atoms with Gasteiger partial charge in [0, 0.05) is 17.5 Å². The molecule has 0 aliphatic carbocycles. The first-order valence-electron chi connectivity index (χ1n) is 8.26. The topological polar surface area (TPSA) is 64.2 Å². The lowest BCUT2D eigenvalue weighted by molar-refractivity contribution is -0.266. The third-order valence-electron chi connectivity index (χ3n) is 4.62. The predicted octanol–water partition coefficient (Wildman–Crippen LogP) is 5.26. The number of aromatic hydroxyl groups is 1. The molecule has 0 radical (unpaired) electrons. The largest absolute Gasteiger partial charge is 0.508 e. The Balaban J connectivity index is 2.44. The summed E-state index contributed by atoms with van der Waals surface area (Å²) in [6.07, 6.45) is -6.65. The standard InChI is InChI=1S/C20H18ClF4NO2/c1-18(2,15-6-5-14(22)8-17(15)27)11-19(28,20(23,24)25)9-13-4-3-12(10-26)7-16(13)21/h3-8,27-28H,9,11H2,1-2H3. The van der Waals surface area contributed by atoms with Gasteiger partial charge < -0.3 is 10.2 Å². The molecule has 0 fully saturated rings. The lowest BCUT2D eigenvalue weighted by Gasteiger charge is -2.38. The number of rotatable bonds is 5. The van der Waals surface area contributed by atoms with E-state index in [2.05, 4.69) is 0 Å². The minimum atomic E-state index is -5.00. The van der Waals surface area contributed by atoms with Gasteiger partial charge in [0.15, 0.2) is 5.60 Å². The Morgan fingerprint density at radius 2 is 1.75 bits per heavy atom.